The second kappa shape index (κ2) is 8.71. The van der Waals surface area contributed by atoms with Crippen LogP contribution in [-0.2, 0) is 4.79 Å². The lowest BCUT2D eigenvalue weighted by Gasteiger charge is -2.36. The van der Waals surface area contributed by atoms with Crippen LogP contribution in [-0.4, -0.2) is 49.9 Å². The van der Waals surface area contributed by atoms with Gasteiger partial charge in [0.2, 0.25) is 5.91 Å². The summed E-state index contributed by atoms with van der Waals surface area (Å²) >= 11 is 0. The number of benzene rings is 2. The molecule has 5 nitrogen and oxygen atoms in total. The number of hydrogen-bond donors (Lipinski definition) is 0. The first-order valence-electron chi connectivity index (χ1n) is 9.35. The molecular weight excluding hydrogens is 340 g/mol. The molecular formula is C22H26N2O3. The number of carbonyl (C=O) groups is 2. The number of ether oxygens (including phenoxy) is 1. The molecule has 3 rings (SSSR count). The predicted octanol–water partition coefficient (Wildman–Crippen LogP) is 3.23. The van der Waals surface area contributed by atoms with E-state index in [0.29, 0.717) is 26.1 Å². The number of aryl methyl sites for hydroxylation is 2. The van der Waals surface area contributed by atoms with Gasteiger partial charge in [-0.25, -0.2) is 0 Å². The highest BCUT2D eigenvalue weighted by atomic mass is 16.5. The molecule has 0 radical (unpaired) electrons. The summed E-state index contributed by atoms with van der Waals surface area (Å²) in [6, 6.07) is 13.7. The molecule has 0 N–H and O–H groups in total. The van der Waals surface area contributed by atoms with Gasteiger partial charge >= 0.3 is 0 Å². The first-order valence-corrected chi connectivity index (χ1v) is 9.35. The zero-order valence-corrected chi connectivity index (χ0v) is 16.0. The highest BCUT2D eigenvalue weighted by Crippen LogP contribution is 2.20. The Bertz CT molecular complexity index is 811. The molecule has 27 heavy (non-hydrogen) atoms. The summed E-state index contributed by atoms with van der Waals surface area (Å²) in [7, 11) is 0. The fourth-order valence-corrected chi connectivity index (χ4v) is 3.32. The van der Waals surface area contributed by atoms with E-state index in [4.69, 9.17) is 4.74 Å². The van der Waals surface area contributed by atoms with Crippen molar-refractivity contribution in [2.24, 2.45) is 0 Å². The number of nitrogens with zero attached hydrogens (tertiary/aromatic N) is 2. The molecule has 1 saturated heterocycles. The van der Waals surface area contributed by atoms with E-state index < -0.39 is 0 Å². The van der Waals surface area contributed by atoms with Gasteiger partial charge in [0, 0.05) is 37.4 Å². The normalized spacial score (nSPS) is 14.1. The summed E-state index contributed by atoms with van der Waals surface area (Å²) in [6.07, 6.45) is 1.27. The molecule has 1 heterocycles. The van der Waals surface area contributed by atoms with Crippen LogP contribution >= 0.6 is 0 Å². The monoisotopic (exact) mass is 366 g/mol. The largest absolute Gasteiger partial charge is 0.493 e. The van der Waals surface area contributed by atoms with E-state index in [1.54, 1.807) is 0 Å². The van der Waals surface area contributed by atoms with E-state index in [2.05, 4.69) is 4.90 Å². The third kappa shape index (κ3) is 4.88. The maximum atomic E-state index is 12.4. The van der Waals surface area contributed by atoms with Crippen molar-refractivity contribution >= 4 is 17.9 Å². The van der Waals surface area contributed by atoms with Crippen molar-refractivity contribution in [1.82, 2.24) is 4.90 Å². The van der Waals surface area contributed by atoms with E-state index in [-0.39, 0.29) is 5.91 Å². The minimum absolute atomic E-state index is 0.134. The quantitative estimate of drug-likeness (QED) is 0.737. The molecule has 0 saturated carbocycles. The van der Waals surface area contributed by atoms with Crippen LogP contribution in [0.25, 0.3) is 0 Å². The van der Waals surface area contributed by atoms with Crippen molar-refractivity contribution < 1.29 is 14.3 Å². The van der Waals surface area contributed by atoms with E-state index in [9.17, 15) is 9.59 Å². The number of aldehydes is 1. The van der Waals surface area contributed by atoms with E-state index in [1.807, 2.05) is 61.2 Å². The highest BCUT2D eigenvalue weighted by molar-refractivity contribution is 5.79. The van der Waals surface area contributed by atoms with Crippen molar-refractivity contribution in [3.05, 3.63) is 59.2 Å². The average Bonchev–Trinajstić information content (AvgIpc) is 2.68. The Morgan fingerprint density at radius 3 is 2.52 bits per heavy atom. The lowest BCUT2D eigenvalue weighted by atomic mass is 10.1. The van der Waals surface area contributed by atoms with Gasteiger partial charge in [0.15, 0.2) is 0 Å². The van der Waals surface area contributed by atoms with Gasteiger partial charge in [-0.1, -0.05) is 12.1 Å². The van der Waals surface area contributed by atoms with Crippen molar-refractivity contribution in [2.45, 2.75) is 20.3 Å². The van der Waals surface area contributed by atoms with Gasteiger partial charge in [-0.2, -0.15) is 0 Å². The maximum absolute atomic E-state index is 12.4. The van der Waals surface area contributed by atoms with Gasteiger partial charge in [0.25, 0.3) is 0 Å². The Balaban J connectivity index is 1.46. The number of amides is 1. The molecule has 1 aliphatic rings. The van der Waals surface area contributed by atoms with Gasteiger partial charge < -0.3 is 14.5 Å². The Hall–Kier alpha value is -2.82. The molecule has 142 valence electrons. The summed E-state index contributed by atoms with van der Waals surface area (Å²) in [5.74, 6) is 0.941. The fraction of sp³-hybridized carbons (Fsp3) is 0.364. The molecule has 0 unspecified atom stereocenters. The van der Waals surface area contributed by atoms with Crippen LogP contribution < -0.4 is 9.64 Å². The number of hydrogen-bond acceptors (Lipinski definition) is 4. The minimum Gasteiger partial charge on any atom is -0.493 e. The first kappa shape index (κ1) is 19.0. The lowest BCUT2D eigenvalue weighted by Crippen LogP contribution is -2.49. The Kier molecular flexibility index (Phi) is 6.12. The lowest BCUT2D eigenvalue weighted by molar-refractivity contribution is -0.132. The maximum Gasteiger partial charge on any atom is 0.226 e. The fourth-order valence-electron chi connectivity index (χ4n) is 3.32. The van der Waals surface area contributed by atoms with E-state index >= 15 is 0 Å². The minimum atomic E-state index is 0.134. The zero-order valence-electron chi connectivity index (χ0n) is 16.0. The van der Waals surface area contributed by atoms with Crippen LogP contribution in [0.2, 0.25) is 0 Å². The summed E-state index contributed by atoms with van der Waals surface area (Å²) in [5, 5.41) is 0. The Morgan fingerprint density at radius 1 is 1.07 bits per heavy atom. The first-order chi connectivity index (χ1) is 13.1. The average molecular weight is 366 g/mol. The summed E-state index contributed by atoms with van der Waals surface area (Å²) in [6.45, 7) is 7.37. The molecule has 0 aliphatic carbocycles. The third-order valence-corrected chi connectivity index (χ3v) is 4.95. The number of rotatable bonds is 6. The second-order valence-corrected chi connectivity index (χ2v) is 6.94. The topological polar surface area (TPSA) is 49.9 Å². The van der Waals surface area contributed by atoms with Crippen LogP contribution in [0.15, 0.2) is 42.5 Å². The van der Waals surface area contributed by atoms with Crippen LogP contribution in [0.1, 0.15) is 27.9 Å². The molecule has 1 fully saturated rings. The SMILES string of the molecule is Cc1cccc(OCCC(=O)N2CCN(c3ccc(C=O)c(C)c3)CC2)c1. The van der Waals surface area contributed by atoms with Crippen molar-refractivity contribution in [3.8, 4) is 5.75 Å². The molecule has 2 aromatic rings. The predicted molar refractivity (Wildman–Crippen MR) is 107 cm³/mol. The molecule has 0 atom stereocenters. The van der Waals surface area contributed by atoms with Crippen LogP contribution in [0, 0.1) is 13.8 Å². The van der Waals surface area contributed by atoms with Gasteiger partial charge in [0.05, 0.1) is 13.0 Å². The van der Waals surface area contributed by atoms with Crippen LogP contribution in [0.5, 0.6) is 5.75 Å². The Labute approximate surface area is 160 Å². The van der Waals surface area contributed by atoms with Gasteiger partial charge in [0.1, 0.15) is 12.0 Å². The van der Waals surface area contributed by atoms with Gasteiger partial charge in [-0.15, -0.1) is 0 Å². The smallest absolute Gasteiger partial charge is 0.226 e. The van der Waals surface area contributed by atoms with E-state index in [1.165, 1.54) is 0 Å². The summed E-state index contributed by atoms with van der Waals surface area (Å²) in [5.41, 5.74) is 3.95. The van der Waals surface area contributed by atoms with Crippen LogP contribution in [0.4, 0.5) is 5.69 Å². The van der Waals surface area contributed by atoms with Crippen molar-refractivity contribution in [2.75, 3.05) is 37.7 Å². The molecule has 0 aromatic heterocycles. The molecule has 1 amide bonds. The zero-order chi connectivity index (χ0) is 19.2. The number of piperazine rings is 1. The Morgan fingerprint density at radius 2 is 1.85 bits per heavy atom. The number of carbonyl (C=O) groups excluding carboxylic acids is 2. The standard InChI is InChI=1S/C22H26N2O3/c1-17-4-3-5-21(14-17)27-13-8-22(26)24-11-9-23(10-12-24)20-7-6-19(16-25)18(2)15-20/h3-7,14-16H,8-13H2,1-2H3. The van der Waals surface area contributed by atoms with Crippen molar-refractivity contribution in [1.29, 1.82) is 0 Å². The van der Waals surface area contributed by atoms with Gasteiger partial charge in [-0.3, -0.25) is 9.59 Å². The molecule has 0 bridgehead atoms. The van der Waals surface area contributed by atoms with Crippen LogP contribution in [0.3, 0.4) is 0 Å². The highest BCUT2D eigenvalue weighted by Gasteiger charge is 2.21. The number of anilines is 1. The second-order valence-electron chi connectivity index (χ2n) is 6.94. The third-order valence-electron chi connectivity index (χ3n) is 4.95. The van der Waals surface area contributed by atoms with E-state index in [0.717, 1.165) is 47.5 Å². The van der Waals surface area contributed by atoms with Crippen molar-refractivity contribution in [3.63, 3.8) is 0 Å². The summed E-state index contributed by atoms with van der Waals surface area (Å²) < 4.78 is 5.69. The molecule has 2 aromatic carbocycles. The summed E-state index contributed by atoms with van der Waals surface area (Å²) in [4.78, 5) is 27.5. The molecule has 5 heteroatoms. The molecule has 1 aliphatic heterocycles. The van der Waals surface area contributed by atoms with Gasteiger partial charge in [-0.05, 0) is 55.3 Å². The molecule has 0 spiro atoms.